The normalized spacial score (nSPS) is 14.6. The van der Waals surface area contributed by atoms with Crippen LogP contribution in [0.4, 0.5) is 5.69 Å². The molecule has 1 aliphatic carbocycles. The lowest BCUT2D eigenvalue weighted by atomic mass is 9.75. The van der Waals surface area contributed by atoms with Crippen molar-refractivity contribution in [1.29, 1.82) is 5.26 Å². The van der Waals surface area contributed by atoms with E-state index in [0.717, 1.165) is 30.4 Å². The van der Waals surface area contributed by atoms with Crippen LogP contribution in [0.3, 0.4) is 0 Å². The van der Waals surface area contributed by atoms with Gasteiger partial charge in [-0.25, -0.2) is 0 Å². The number of hydrogen-bond donors (Lipinski definition) is 0. The zero-order valence-electron chi connectivity index (χ0n) is 15.8. The van der Waals surface area contributed by atoms with Crippen LogP contribution in [0.2, 0.25) is 0 Å². The molecule has 0 spiro atoms. The third kappa shape index (κ3) is 3.57. The first-order chi connectivity index (χ1) is 14.1. The summed E-state index contributed by atoms with van der Waals surface area (Å²) in [4.78, 5) is 11.2. The van der Waals surface area contributed by atoms with Crippen molar-refractivity contribution in [3.05, 3.63) is 76.6 Å². The summed E-state index contributed by atoms with van der Waals surface area (Å²) in [5.41, 5.74) is 1.93. The number of nitro benzene ring substituents is 1. The molecular formula is C22H20N4O3. The molecule has 0 atom stereocenters. The Kier molecular flexibility index (Phi) is 5.00. The summed E-state index contributed by atoms with van der Waals surface area (Å²) >= 11 is 0. The van der Waals surface area contributed by atoms with Gasteiger partial charge < -0.3 is 4.74 Å². The summed E-state index contributed by atoms with van der Waals surface area (Å²) in [6.07, 6.45) is 6.85. The number of nitriles is 1. The Hall–Kier alpha value is -3.66. The molecule has 0 amide bonds. The van der Waals surface area contributed by atoms with Crippen LogP contribution < -0.4 is 4.74 Å². The Morgan fingerprint density at radius 2 is 2.00 bits per heavy atom. The molecule has 0 radical (unpaired) electrons. The molecule has 0 saturated heterocycles. The van der Waals surface area contributed by atoms with Gasteiger partial charge in [-0.1, -0.05) is 42.5 Å². The van der Waals surface area contributed by atoms with Crippen LogP contribution in [0.25, 0.3) is 11.1 Å². The van der Waals surface area contributed by atoms with Crippen LogP contribution in [0.1, 0.15) is 31.2 Å². The van der Waals surface area contributed by atoms with E-state index in [1.165, 1.54) is 6.07 Å². The molecule has 1 aliphatic rings. The predicted molar refractivity (Wildman–Crippen MR) is 107 cm³/mol. The highest BCUT2D eigenvalue weighted by Gasteiger charge is 2.39. The minimum absolute atomic E-state index is 0.0819. The summed E-state index contributed by atoms with van der Waals surface area (Å²) in [6, 6.07) is 16.7. The molecule has 2 aromatic carbocycles. The van der Waals surface area contributed by atoms with Gasteiger partial charge in [-0.3, -0.25) is 14.8 Å². The van der Waals surface area contributed by atoms with Crippen molar-refractivity contribution in [3.63, 3.8) is 0 Å². The molecule has 7 nitrogen and oxygen atoms in total. The highest BCUT2D eigenvalue weighted by molar-refractivity contribution is 5.74. The number of ether oxygens (including phenoxy) is 1. The summed E-state index contributed by atoms with van der Waals surface area (Å²) < 4.78 is 7.76. The molecule has 0 unspecified atom stereocenters. The number of nitro groups is 1. The Labute approximate surface area is 168 Å². The summed E-state index contributed by atoms with van der Waals surface area (Å²) in [5, 5.41) is 25.3. The maximum absolute atomic E-state index is 11.6. The first kappa shape index (κ1) is 18.7. The van der Waals surface area contributed by atoms with Gasteiger partial charge in [-0.15, -0.1) is 0 Å². The highest BCUT2D eigenvalue weighted by Crippen LogP contribution is 2.43. The third-order valence-corrected chi connectivity index (χ3v) is 5.49. The smallest absolute Gasteiger partial charge is 0.311 e. The molecule has 29 heavy (non-hydrogen) atoms. The molecule has 1 heterocycles. The second-order valence-electron chi connectivity index (χ2n) is 7.27. The zero-order valence-corrected chi connectivity index (χ0v) is 15.8. The molecule has 1 fully saturated rings. The highest BCUT2D eigenvalue weighted by atomic mass is 16.6. The van der Waals surface area contributed by atoms with Crippen molar-refractivity contribution >= 4 is 5.69 Å². The van der Waals surface area contributed by atoms with Crippen molar-refractivity contribution < 1.29 is 9.66 Å². The van der Waals surface area contributed by atoms with E-state index in [1.807, 2.05) is 41.2 Å². The van der Waals surface area contributed by atoms with Gasteiger partial charge in [0.1, 0.15) is 6.61 Å². The second-order valence-corrected chi connectivity index (χ2v) is 7.27. The van der Waals surface area contributed by atoms with Crippen molar-refractivity contribution in [3.8, 4) is 22.9 Å². The van der Waals surface area contributed by atoms with Gasteiger partial charge in [0.25, 0.3) is 0 Å². The van der Waals surface area contributed by atoms with Gasteiger partial charge in [0.2, 0.25) is 5.75 Å². The van der Waals surface area contributed by atoms with Crippen molar-refractivity contribution in [2.24, 2.45) is 0 Å². The molecule has 1 saturated carbocycles. The predicted octanol–water partition coefficient (Wildman–Crippen LogP) is 4.83. The molecule has 3 aromatic rings. The fraction of sp³-hybridized carbons (Fsp3) is 0.273. The van der Waals surface area contributed by atoms with E-state index in [1.54, 1.807) is 18.3 Å². The molecule has 0 aliphatic heterocycles. The lowest BCUT2D eigenvalue weighted by Gasteiger charge is -2.40. The van der Waals surface area contributed by atoms with Gasteiger partial charge in [-0.05, 0) is 24.8 Å². The van der Waals surface area contributed by atoms with E-state index >= 15 is 0 Å². The standard InChI is InChI=1S/C22H20N4O3/c23-13-12-22(10-5-11-22)25-15-18(14-24-25)19-8-4-9-20(26(27)28)21(19)29-16-17-6-2-1-3-7-17/h1-4,6-9,14-15H,5,10-12,16H2. The number of nitrogens with zero attached hydrogens (tertiary/aromatic N) is 4. The van der Waals surface area contributed by atoms with E-state index < -0.39 is 4.92 Å². The Balaban J connectivity index is 1.69. The largest absolute Gasteiger partial charge is 0.482 e. The molecule has 146 valence electrons. The molecule has 7 heteroatoms. The molecule has 4 rings (SSSR count). The van der Waals surface area contributed by atoms with Crippen molar-refractivity contribution in [1.82, 2.24) is 9.78 Å². The van der Waals surface area contributed by atoms with Gasteiger partial charge in [0.05, 0.1) is 29.1 Å². The van der Waals surface area contributed by atoms with Gasteiger partial charge >= 0.3 is 5.69 Å². The monoisotopic (exact) mass is 388 g/mol. The first-order valence-corrected chi connectivity index (χ1v) is 9.49. The van der Waals surface area contributed by atoms with Crippen LogP contribution in [-0.2, 0) is 12.1 Å². The second kappa shape index (κ2) is 7.76. The van der Waals surface area contributed by atoms with Crippen LogP contribution in [-0.4, -0.2) is 14.7 Å². The van der Waals surface area contributed by atoms with E-state index in [0.29, 0.717) is 12.0 Å². The number of aromatic nitrogens is 2. The fourth-order valence-electron chi connectivity index (χ4n) is 3.72. The lowest BCUT2D eigenvalue weighted by Crippen LogP contribution is -2.40. The minimum atomic E-state index is -0.433. The average molecular weight is 388 g/mol. The maximum Gasteiger partial charge on any atom is 0.311 e. The van der Waals surface area contributed by atoms with E-state index in [4.69, 9.17) is 4.74 Å². The van der Waals surface area contributed by atoms with Crippen LogP contribution >= 0.6 is 0 Å². The summed E-state index contributed by atoms with van der Waals surface area (Å²) in [6.45, 7) is 0.227. The van der Waals surface area contributed by atoms with Crippen LogP contribution in [0.5, 0.6) is 5.75 Å². The summed E-state index contributed by atoms with van der Waals surface area (Å²) in [7, 11) is 0. The quantitative estimate of drug-likeness (QED) is 0.427. The Bertz CT molecular complexity index is 1070. The summed E-state index contributed by atoms with van der Waals surface area (Å²) in [5.74, 6) is 0.226. The van der Waals surface area contributed by atoms with E-state index in [9.17, 15) is 15.4 Å². The topological polar surface area (TPSA) is 94.0 Å². The van der Waals surface area contributed by atoms with Crippen LogP contribution in [0, 0.1) is 21.4 Å². The number of hydrogen-bond acceptors (Lipinski definition) is 5. The number of rotatable bonds is 7. The van der Waals surface area contributed by atoms with Gasteiger partial charge in [0.15, 0.2) is 0 Å². The first-order valence-electron chi connectivity index (χ1n) is 9.49. The lowest BCUT2D eigenvalue weighted by molar-refractivity contribution is -0.385. The number of para-hydroxylation sites is 1. The molecule has 1 aromatic heterocycles. The van der Waals surface area contributed by atoms with Crippen LogP contribution in [0.15, 0.2) is 60.9 Å². The van der Waals surface area contributed by atoms with Gasteiger partial charge in [0, 0.05) is 23.4 Å². The van der Waals surface area contributed by atoms with Gasteiger partial charge in [-0.2, -0.15) is 10.4 Å². The number of benzene rings is 2. The molecular weight excluding hydrogens is 368 g/mol. The molecule has 0 bridgehead atoms. The fourth-order valence-corrected chi connectivity index (χ4v) is 3.72. The van der Waals surface area contributed by atoms with E-state index in [-0.39, 0.29) is 23.6 Å². The zero-order chi connectivity index (χ0) is 20.3. The van der Waals surface area contributed by atoms with Crippen molar-refractivity contribution in [2.45, 2.75) is 37.8 Å². The maximum atomic E-state index is 11.6. The minimum Gasteiger partial charge on any atom is -0.482 e. The average Bonchev–Trinajstić information content (AvgIpc) is 3.19. The Morgan fingerprint density at radius 1 is 1.21 bits per heavy atom. The Morgan fingerprint density at radius 3 is 2.66 bits per heavy atom. The SMILES string of the molecule is N#CCC1(n2cc(-c3cccc([N+](=O)[O-])c3OCc3ccccc3)cn2)CCC1. The molecule has 0 N–H and O–H groups in total. The third-order valence-electron chi connectivity index (χ3n) is 5.49. The van der Waals surface area contributed by atoms with E-state index in [2.05, 4.69) is 11.2 Å². The van der Waals surface area contributed by atoms with Crippen molar-refractivity contribution in [2.75, 3.05) is 0 Å².